The standard InChI is InChI=1S/C12H15ClN2O3S2/c1-8-7-15(4-5-18-8)20(16,17)11-3-2-9(12(14)19)6-10(11)13/h2-3,6,8H,4-5,7H2,1H3,(H2,14,19). The molecule has 0 radical (unpaired) electrons. The summed E-state index contributed by atoms with van der Waals surface area (Å²) in [7, 11) is -3.63. The highest BCUT2D eigenvalue weighted by molar-refractivity contribution is 7.89. The number of thiocarbonyl (C=S) groups is 1. The topological polar surface area (TPSA) is 72.6 Å². The maximum atomic E-state index is 12.6. The molecule has 0 aromatic heterocycles. The van der Waals surface area contributed by atoms with Crippen molar-refractivity contribution in [1.82, 2.24) is 4.31 Å². The molecule has 0 aliphatic carbocycles. The summed E-state index contributed by atoms with van der Waals surface area (Å²) in [6.07, 6.45) is -0.131. The van der Waals surface area contributed by atoms with Gasteiger partial charge in [-0.1, -0.05) is 29.9 Å². The highest BCUT2D eigenvalue weighted by Gasteiger charge is 2.30. The molecule has 110 valence electrons. The molecular formula is C12H15ClN2O3S2. The summed E-state index contributed by atoms with van der Waals surface area (Å²) < 4.78 is 31.8. The summed E-state index contributed by atoms with van der Waals surface area (Å²) >= 11 is 10.9. The van der Waals surface area contributed by atoms with E-state index in [0.29, 0.717) is 25.3 Å². The molecule has 8 heteroatoms. The van der Waals surface area contributed by atoms with Gasteiger partial charge < -0.3 is 10.5 Å². The van der Waals surface area contributed by atoms with Crippen molar-refractivity contribution in [1.29, 1.82) is 0 Å². The van der Waals surface area contributed by atoms with E-state index in [1.165, 1.54) is 16.4 Å². The van der Waals surface area contributed by atoms with Crippen LogP contribution >= 0.6 is 23.8 Å². The van der Waals surface area contributed by atoms with Gasteiger partial charge in [-0.3, -0.25) is 0 Å². The lowest BCUT2D eigenvalue weighted by molar-refractivity contribution is 0.0102. The first-order valence-electron chi connectivity index (χ1n) is 6.03. The zero-order valence-corrected chi connectivity index (χ0v) is 13.3. The zero-order chi connectivity index (χ0) is 14.9. The molecule has 1 saturated heterocycles. The van der Waals surface area contributed by atoms with Crippen molar-refractivity contribution in [2.24, 2.45) is 5.73 Å². The number of sulfonamides is 1. The normalized spacial score (nSPS) is 20.8. The molecule has 1 fully saturated rings. The van der Waals surface area contributed by atoms with Gasteiger partial charge >= 0.3 is 0 Å². The molecule has 2 N–H and O–H groups in total. The number of nitrogens with zero attached hydrogens (tertiary/aromatic N) is 1. The van der Waals surface area contributed by atoms with E-state index in [0.717, 1.165) is 0 Å². The van der Waals surface area contributed by atoms with Crippen molar-refractivity contribution in [3.63, 3.8) is 0 Å². The SMILES string of the molecule is CC1CN(S(=O)(=O)c2ccc(C(N)=S)cc2Cl)CCO1. The van der Waals surface area contributed by atoms with Gasteiger partial charge in [-0.05, 0) is 19.1 Å². The Morgan fingerprint density at radius 2 is 2.25 bits per heavy atom. The van der Waals surface area contributed by atoms with Crippen LogP contribution in [-0.4, -0.2) is 43.5 Å². The largest absolute Gasteiger partial charge is 0.389 e. The van der Waals surface area contributed by atoms with E-state index in [1.54, 1.807) is 6.07 Å². The average Bonchev–Trinajstić information content (AvgIpc) is 2.38. The zero-order valence-electron chi connectivity index (χ0n) is 10.9. The van der Waals surface area contributed by atoms with Crippen LogP contribution < -0.4 is 5.73 Å². The van der Waals surface area contributed by atoms with Gasteiger partial charge in [0.1, 0.15) is 9.88 Å². The third-order valence-electron chi connectivity index (χ3n) is 3.04. The fourth-order valence-corrected chi connectivity index (χ4v) is 4.15. The molecule has 0 amide bonds. The van der Waals surface area contributed by atoms with E-state index >= 15 is 0 Å². The van der Waals surface area contributed by atoms with Gasteiger partial charge in [-0.2, -0.15) is 4.31 Å². The molecule has 0 bridgehead atoms. The molecule has 2 rings (SSSR count). The highest BCUT2D eigenvalue weighted by atomic mass is 35.5. The number of halogens is 1. The van der Waals surface area contributed by atoms with Crippen molar-refractivity contribution in [3.8, 4) is 0 Å². The summed E-state index contributed by atoms with van der Waals surface area (Å²) in [6, 6.07) is 4.47. The van der Waals surface area contributed by atoms with Crippen LogP contribution in [0.1, 0.15) is 12.5 Å². The van der Waals surface area contributed by atoms with Crippen LogP contribution in [0.3, 0.4) is 0 Å². The van der Waals surface area contributed by atoms with E-state index in [2.05, 4.69) is 0 Å². The number of nitrogens with two attached hydrogens (primary N) is 1. The van der Waals surface area contributed by atoms with Gasteiger partial charge in [-0.25, -0.2) is 8.42 Å². The van der Waals surface area contributed by atoms with Gasteiger partial charge in [0, 0.05) is 18.7 Å². The fraction of sp³-hybridized carbons (Fsp3) is 0.417. The van der Waals surface area contributed by atoms with Gasteiger partial charge in [0.25, 0.3) is 0 Å². The lowest BCUT2D eigenvalue weighted by Crippen LogP contribution is -2.44. The Morgan fingerprint density at radius 1 is 1.55 bits per heavy atom. The number of rotatable bonds is 3. The second kappa shape index (κ2) is 5.95. The molecule has 1 aliphatic heterocycles. The summed E-state index contributed by atoms with van der Waals surface area (Å²) in [4.78, 5) is 0.240. The second-order valence-electron chi connectivity index (χ2n) is 4.55. The maximum absolute atomic E-state index is 12.6. The Morgan fingerprint density at radius 3 is 2.80 bits per heavy atom. The first-order chi connectivity index (χ1) is 9.32. The molecule has 1 atom stereocenters. The number of ether oxygens (including phenoxy) is 1. The van der Waals surface area contributed by atoms with Crippen LogP contribution in [0.25, 0.3) is 0 Å². The highest BCUT2D eigenvalue weighted by Crippen LogP contribution is 2.27. The van der Waals surface area contributed by atoms with Crippen molar-refractivity contribution in [3.05, 3.63) is 28.8 Å². The van der Waals surface area contributed by atoms with Gasteiger partial charge in [0.2, 0.25) is 10.0 Å². The lowest BCUT2D eigenvalue weighted by Gasteiger charge is -2.30. The molecule has 20 heavy (non-hydrogen) atoms. The van der Waals surface area contributed by atoms with Crippen LogP contribution in [0, 0.1) is 0 Å². The van der Waals surface area contributed by atoms with E-state index in [9.17, 15) is 8.42 Å². The summed E-state index contributed by atoms with van der Waals surface area (Å²) in [5.74, 6) is 0. The van der Waals surface area contributed by atoms with Gasteiger partial charge in [0.15, 0.2) is 0 Å². The lowest BCUT2D eigenvalue weighted by atomic mass is 10.2. The van der Waals surface area contributed by atoms with Gasteiger partial charge in [-0.15, -0.1) is 0 Å². The van der Waals surface area contributed by atoms with Gasteiger partial charge in [0.05, 0.1) is 17.7 Å². The second-order valence-corrected chi connectivity index (χ2v) is 7.31. The van der Waals surface area contributed by atoms with Crippen LogP contribution in [0.5, 0.6) is 0 Å². The smallest absolute Gasteiger partial charge is 0.244 e. The summed E-state index contributed by atoms with van der Waals surface area (Å²) in [6.45, 7) is 2.85. The van der Waals surface area contributed by atoms with Crippen molar-refractivity contribution in [2.75, 3.05) is 19.7 Å². The predicted molar refractivity (Wildman–Crippen MR) is 81.5 cm³/mol. The molecule has 1 unspecified atom stereocenters. The molecule has 1 aromatic rings. The van der Waals surface area contributed by atoms with Crippen molar-refractivity contribution < 1.29 is 13.2 Å². The molecule has 5 nitrogen and oxygen atoms in total. The number of hydrogen-bond acceptors (Lipinski definition) is 4. The average molecular weight is 335 g/mol. The Balaban J connectivity index is 2.36. The maximum Gasteiger partial charge on any atom is 0.244 e. The summed E-state index contributed by atoms with van der Waals surface area (Å²) in [5, 5.41) is 0.120. The van der Waals surface area contributed by atoms with E-state index in [-0.39, 0.29) is 21.0 Å². The van der Waals surface area contributed by atoms with Crippen LogP contribution in [0.2, 0.25) is 5.02 Å². The Bertz CT molecular complexity index is 634. The molecule has 1 aliphatic rings. The number of benzene rings is 1. The minimum atomic E-state index is -3.63. The number of morpholine rings is 1. The van der Waals surface area contributed by atoms with Crippen molar-refractivity contribution in [2.45, 2.75) is 17.9 Å². The molecular weight excluding hydrogens is 320 g/mol. The molecule has 0 spiro atoms. The minimum absolute atomic E-state index is 0.0632. The Hall–Kier alpha value is -0.730. The molecule has 1 heterocycles. The molecule has 0 saturated carbocycles. The van der Waals surface area contributed by atoms with Crippen LogP contribution in [-0.2, 0) is 14.8 Å². The minimum Gasteiger partial charge on any atom is -0.389 e. The van der Waals surface area contributed by atoms with Crippen molar-refractivity contribution >= 4 is 38.8 Å². The Kier molecular flexibility index (Phi) is 4.66. The van der Waals surface area contributed by atoms with Crippen LogP contribution in [0.15, 0.2) is 23.1 Å². The van der Waals surface area contributed by atoms with E-state index in [1.807, 2.05) is 6.92 Å². The Labute approximate surface area is 128 Å². The molecule has 1 aromatic carbocycles. The fourth-order valence-electron chi connectivity index (χ4n) is 2.01. The first-order valence-corrected chi connectivity index (χ1v) is 8.26. The summed E-state index contributed by atoms with van der Waals surface area (Å²) in [5.41, 5.74) is 6.04. The quantitative estimate of drug-likeness (QED) is 0.845. The third kappa shape index (κ3) is 3.12. The predicted octanol–water partition coefficient (Wildman–Crippen LogP) is 1.38. The monoisotopic (exact) mass is 334 g/mol. The van der Waals surface area contributed by atoms with E-state index in [4.69, 9.17) is 34.3 Å². The third-order valence-corrected chi connectivity index (χ3v) is 5.62. The number of hydrogen-bond donors (Lipinski definition) is 1. The van der Waals surface area contributed by atoms with E-state index < -0.39 is 10.0 Å². The van der Waals surface area contributed by atoms with Crippen LogP contribution in [0.4, 0.5) is 0 Å². The first kappa shape index (κ1) is 15.7.